The van der Waals surface area contributed by atoms with Crippen molar-refractivity contribution in [3.8, 4) is 17.1 Å². The predicted octanol–water partition coefficient (Wildman–Crippen LogP) is 3.05. The summed E-state index contributed by atoms with van der Waals surface area (Å²) in [5.74, 6) is 1.28. The molecule has 1 amide bonds. The van der Waals surface area contributed by atoms with Gasteiger partial charge in [-0.3, -0.25) is 4.79 Å². The molecule has 2 heterocycles. The third-order valence-corrected chi connectivity index (χ3v) is 4.24. The Morgan fingerprint density at radius 3 is 2.59 bits per heavy atom. The van der Waals surface area contributed by atoms with E-state index in [1.165, 1.54) is 0 Å². The number of hydrogen-bond donors (Lipinski definition) is 3. The molecule has 0 radical (unpaired) electrons. The lowest BCUT2D eigenvalue weighted by Gasteiger charge is -2.04. The molecule has 0 bridgehead atoms. The fourth-order valence-electron chi connectivity index (χ4n) is 2.83. The zero-order valence-electron chi connectivity index (χ0n) is 14.5. The molecule has 2 aromatic heterocycles. The summed E-state index contributed by atoms with van der Waals surface area (Å²) in [6.45, 7) is 0.320. The molecule has 0 spiro atoms. The second kappa shape index (κ2) is 6.87. The molecule has 2 aromatic carbocycles. The second-order valence-electron chi connectivity index (χ2n) is 6.03. The molecular formula is C20H17N3O4. The minimum Gasteiger partial charge on any atom is -0.497 e. The number of imidazole rings is 1. The van der Waals surface area contributed by atoms with Crippen LogP contribution in [0.25, 0.3) is 22.4 Å². The van der Waals surface area contributed by atoms with Crippen molar-refractivity contribution in [1.29, 1.82) is 0 Å². The Labute approximate surface area is 154 Å². The molecule has 0 saturated heterocycles. The highest BCUT2D eigenvalue weighted by atomic mass is 16.5. The molecule has 4 rings (SSSR count). The lowest BCUT2D eigenvalue weighted by atomic mass is 10.2. The maximum Gasteiger partial charge on any atom is 0.323 e. The molecule has 0 aliphatic heterocycles. The van der Waals surface area contributed by atoms with Crippen molar-refractivity contribution in [3.05, 3.63) is 76.4 Å². The average molecular weight is 363 g/mol. The van der Waals surface area contributed by atoms with E-state index in [9.17, 15) is 9.59 Å². The number of aromatic nitrogens is 2. The van der Waals surface area contributed by atoms with Gasteiger partial charge in [0.1, 0.15) is 11.5 Å². The molecule has 0 unspecified atom stereocenters. The molecule has 0 aliphatic rings. The summed E-state index contributed by atoms with van der Waals surface area (Å²) in [6.07, 6.45) is 0. The lowest BCUT2D eigenvalue weighted by Crippen LogP contribution is -2.22. The van der Waals surface area contributed by atoms with Crippen molar-refractivity contribution in [3.63, 3.8) is 0 Å². The van der Waals surface area contributed by atoms with Crippen LogP contribution in [0.15, 0.2) is 63.8 Å². The zero-order valence-corrected chi connectivity index (χ0v) is 14.5. The van der Waals surface area contributed by atoms with Gasteiger partial charge in [0.2, 0.25) is 0 Å². The minimum atomic E-state index is -0.308. The smallest absolute Gasteiger partial charge is 0.323 e. The van der Waals surface area contributed by atoms with Crippen LogP contribution in [0.3, 0.4) is 0 Å². The van der Waals surface area contributed by atoms with Crippen LogP contribution in [0.2, 0.25) is 0 Å². The highest BCUT2D eigenvalue weighted by Crippen LogP contribution is 2.24. The largest absolute Gasteiger partial charge is 0.497 e. The van der Waals surface area contributed by atoms with Crippen molar-refractivity contribution in [2.45, 2.75) is 6.54 Å². The second-order valence-corrected chi connectivity index (χ2v) is 6.03. The number of H-pyrrole nitrogens is 2. The first-order chi connectivity index (χ1) is 13.1. The van der Waals surface area contributed by atoms with Crippen molar-refractivity contribution < 1.29 is 13.9 Å². The van der Waals surface area contributed by atoms with Crippen LogP contribution in [-0.4, -0.2) is 23.0 Å². The standard InChI is InChI=1S/C20H17N3O4/c1-26-14-5-3-13(4-6-14)17-8-9-18(27-17)19(24)21-11-12-2-7-15-16(10-12)23-20(25)22-15/h2-10H,11H2,1H3,(H,21,24)(H2,22,23,25). The lowest BCUT2D eigenvalue weighted by molar-refractivity contribution is 0.0924. The summed E-state index contributed by atoms with van der Waals surface area (Å²) in [5.41, 5.74) is 2.90. The first-order valence-electron chi connectivity index (χ1n) is 8.36. The minimum absolute atomic E-state index is 0.233. The van der Waals surface area contributed by atoms with E-state index in [-0.39, 0.29) is 17.4 Å². The molecule has 0 saturated carbocycles. The van der Waals surface area contributed by atoms with Gasteiger partial charge in [-0.2, -0.15) is 0 Å². The number of furan rings is 1. The number of hydrogen-bond acceptors (Lipinski definition) is 4. The average Bonchev–Trinajstić information content (AvgIpc) is 3.32. The van der Waals surface area contributed by atoms with Crippen LogP contribution in [0.5, 0.6) is 5.75 Å². The van der Waals surface area contributed by atoms with Gasteiger partial charge in [-0.25, -0.2) is 4.79 Å². The zero-order chi connectivity index (χ0) is 18.8. The summed E-state index contributed by atoms with van der Waals surface area (Å²) in [7, 11) is 1.61. The number of methoxy groups -OCH3 is 1. The number of rotatable bonds is 5. The molecule has 0 aliphatic carbocycles. The predicted molar refractivity (Wildman–Crippen MR) is 101 cm³/mol. The Hall–Kier alpha value is -3.74. The number of carbonyl (C=O) groups excluding carboxylic acids is 1. The Balaban J connectivity index is 1.44. The maximum absolute atomic E-state index is 12.3. The molecule has 4 aromatic rings. The Bertz CT molecular complexity index is 1150. The van der Waals surface area contributed by atoms with Gasteiger partial charge in [-0.15, -0.1) is 0 Å². The normalized spacial score (nSPS) is 10.9. The molecule has 27 heavy (non-hydrogen) atoms. The summed E-state index contributed by atoms with van der Waals surface area (Å²) in [5, 5.41) is 2.81. The van der Waals surface area contributed by atoms with E-state index in [0.717, 1.165) is 22.4 Å². The number of benzene rings is 2. The molecule has 7 nitrogen and oxygen atoms in total. The molecule has 3 N–H and O–H groups in total. The number of ether oxygens (including phenoxy) is 1. The van der Waals surface area contributed by atoms with E-state index in [1.807, 2.05) is 36.4 Å². The van der Waals surface area contributed by atoms with E-state index < -0.39 is 0 Å². The molecule has 0 fully saturated rings. The molecule has 0 atom stereocenters. The topological polar surface area (TPSA) is 100 Å². The summed E-state index contributed by atoms with van der Waals surface area (Å²) >= 11 is 0. The van der Waals surface area contributed by atoms with Gasteiger partial charge in [0.15, 0.2) is 5.76 Å². The van der Waals surface area contributed by atoms with Gasteiger partial charge >= 0.3 is 5.69 Å². The highest BCUT2D eigenvalue weighted by Gasteiger charge is 2.12. The van der Waals surface area contributed by atoms with Crippen LogP contribution >= 0.6 is 0 Å². The molecule has 136 valence electrons. The van der Waals surface area contributed by atoms with Gasteiger partial charge in [-0.1, -0.05) is 6.07 Å². The van der Waals surface area contributed by atoms with Crippen molar-refractivity contribution in [2.24, 2.45) is 0 Å². The van der Waals surface area contributed by atoms with Crippen LogP contribution in [0.4, 0.5) is 0 Å². The maximum atomic E-state index is 12.3. The van der Waals surface area contributed by atoms with Gasteiger partial charge in [-0.05, 0) is 54.1 Å². The fraction of sp³-hybridized carbons (Fsp3) is 0.100. The third kappa shape index (κ3) is 3.48. The van der Waals surface area contributed by atoms with Gasteiger partial charge < -0.3 is 24.4 Å². The quantitative estimate of drug-likeness (QED) is 0.507. The molecular weight excluding hydrogens is 346 g/mol. The van der Waals surface area contributed by atoms with E-state index in [1.54, 1.807) is 25.3 Å². The number of nitrogens with one attached hydrogen (secondary N) is 3. The summed E-state index contributed by atoms with van der Waals surface area (Å²) < 4.78 is 10.8. The van der Waals surface area contributed by atoms with E-state index in [4.69, 9.17) is 9.15 Å². The Kier molecular flexibility index (Phi) is 4.25. The number of amides is 1. The van der Waals surface area contributed by atoms with E-state index in [2.05, 4.69) is 15.3 Å². The number of carbonyl (C=O) groups is 1. The van der Waals surface area contributed by atoms with Crippen LogP contribution in [0.1, 0.15) is 16.1 Å². The first-order valence-corrected chi connectivity index (χ1v) is 8.36. The fourth-order valence-corrected chi connectivity index (χ4v) is 2.83. The SMILES string of the molecule is COc1ccc(-c2ccc(C(=O)NCc3ccc4[nH]c(=O)[nH]c4c3)o2)cc1. The number of aromatic amines is 2. The van der Waals surface area contributed by atoms with Gasteiger partial charge in [0, 0.05) is 12.1 Å². The van der Waals surface area contributed by atoms with E-state index in [0.29, 0.717) is 17.8 Å². The van der Waals surface area contributed by atoms with Crippen molar-refractivity contribution in [1.82, 2.24) is 15.3 Å². The van der Waals surface area contributed by atoms with Crippen molar-refractivity contribution in [2.75, 3.05) is 7.11 Å². The van der Waals surface area contributed by atoms with Gasteiger partial charge in [0.05, 0.1) is 18.1 Å². The van der Waals surface area contributed by atoms with Crippen LogP contribution in [-0.2, 0) is 6.54 Å². The summed E-state index contributed by atoms with van der Waals surface area (Å²) in [6, 6.07) is 16.3. The van der Waals surface area contributed by atoms with Gasteiger partial charge in [0.25, 0.3) is 5.91 Å². The third-order valence-electron chi connectivity index (χ3n) is 4.24. The Morgan fingerprint density at radius 2 is 1.81 bits per heavy atom. The Morgan fingerprint density at radius 1 is 1.04 bits per heavy atom. The monoisotopic (exact) mass is 363 g/mol. The number of fused-ring (bicyclic) bond motifs is 1. The highest BCUT2D eigenvalue weighted by molar-refractivity contribution is 5.92. The van der Waals surface area contributed by atoms with Crippen LogP contribution < -0.4 is 15.7 Å². The first kappa shape index (κ1) is 16.7. The van der Waals surface area contributed by atoms with Crippen molar-refractivity contribution >= 4 is 16.9 Å². The van der Waals surface area contributed by atoms with Crippen LogP contribution in [0, 0.1) is 0 Å². The summed E-state index contributed by atoms with van der Waals surface area (Å²) in [4.78, 5) is 29.0. The van der Waals surface area contributed by atoms with E-state index >= 15 is 0 Å². The molecule has 7 heteroatoms.